The lowest BCUT2D eigenvalue weighted by molar-refractivity contribution is -0.140. The van der Waals surface area contributed by atoms with Gasteiger partial charge < -0.3 is 15.0 Å². The zero-order chi connectivity index (χ0) is 35.7. The molecule has 50 heavy (non-hydrogen) atoms. The molecule has 1 aliphatic rings. The van der Waals surface area contributed by atoms with Crippen molar-refractivity contribution in [3.8, 4) is 5.75 Å². The summed E-state index contributed by atoms with van der Waals surface area (Å²) in [6.07, 6.45) is 4.87. The number of ether oxygens (including phenoxy) is 1. The van der Waals surface area contributed by atoms with Crippen molar-refractivity contribution in [3.05, 3.63) is 124 Å². The fourth-order valence-electron chi connectivity index (χ4n) is 6.09. The number of amides is 2. The maximum atomic E-state index is 14.7. The summed E-state index contributed by atoms with van der Waals surface area (Å²) in [5, 5.41) is 3.75. The van der Waals surface area contributed by atoms with Gasteiger partial charge in [-0.05, 0) is 86.0 Å². The molecule has 5 rings (SSSR count). The van der Waals surface area contributed by atoms with E-state index < -0.39 is 34.3 Å². The molecule has 12 heteroatoms. The molecule has 4 aromatic carbocycles. The van der Waals surface area contributed by atoms with E-state index in [1.54, 1.807) is 18.2 Å². The van der Waals surface area contributed by atoms with Crippen LogP contribution in [-0.4, -0.2) is 50.4 Å². The average Bonchev–Trinajstić information content (AvgIpc) is 3.11. The van der Waals surface area contributed by atoms with Crippen molar-refractivity contribution < 1.29 is 27.1 Å². The van der Waals surface area contributed by atoms with Crippen LogP contribution in [0.25, 0.3) is 0 Å². The van der Waals surface area contributed by atoms with Gasteiger partial charge in [-0.15, -0.1) is 0 Å². The zero-order valence-corrected chi connectivity index (χ0v) is 30.1. The zero-order valence-electron chi connectivity index (χ0n) is 27.7. The predicted molar refractivity (Wildman–Crippen MR) is 195 cm³/mol. The summed E-state index contributed by atoms with van der Waals surface area (Å²) >= 11 is 13.2. The van der Waals surface area contributed by atoms with Crippen LogP contribution in [0.1, 0.15) is 50.2 Å². The van der Waals surface area contributed by atoms with E-state index in [2.05, 4.69) is 5.32 Å². The Labute approximate surface area is 303 Å². The number of nitrogens with one attached hydrogen (secondary N) is 1. The highest BCUT2D eigenvalue weighted by Gasteiger charge is 2.36. The molecule has 0 radical (unpaired) electrons. The molecule has 0 aromatic heterocycles. The number of benzene rings is 4. The Morgan fingerprint density at radius 1 is 0.880 bits per heavy atom. The van der Waals surface area contributed by atoms with Crippen molar-refractivity contribution in [3.63, 3.8) is 0 Å². The van der Waals surface area contributed by atoms with Gasteiger partial charge in [-0.1, -0.05) is 78.9 Å². The largest absolute Gasteiger partial charge is 0.494 e. The van der Waals surface area contributed by atoms with Crippen LogP contribution >= 0.6 is 23.2 Å². The number of carbonyl (C=O) groups excluding carboxylic acids is 2. The predicted octanol–water partition coefficient (Wildman–Crippen LogP) is 7.82. The maximum Gasteiger partial charge on any atom is 0.264 e. The number of nitrogens with zero attached hydrogens (tertiary/aromatic N) is 2. The molecular formula is C38H40Cl2FN3O5S. The number of carbonyl (C=O) groups is 2. The van der Waals surface area contributed by atoms with Gasteiger partial charge in [-0.25, -0.2) is 12.8 Å². The highest BCUT2D eigenvalue weighted by Crippen LogP contribution is 2.30. The third kappa shape index (κ3) is 9.35. The van der Waals surface area contributed by atoms with Crippen molar-refractivity contribution in [2.45, 2.75) is 69.0 Å². The number of anilines is 1. The number of hydrogen-bond acceptors (Lipinski definition) is 5. The lowest BCUT2D eigenvalue weighted by Crippen LogP contribution is -2.55. The van der Waals surface area contributed by atoms with Crippen LogP contribution < -0.4 is 14.4 Å². The Hall–Kier alpha value is -4.12. The van der Waals surface area contributed by atoms with Crippen LogP contribution in [0.2, 0.25) is 10.0 Å². The van der Waals surface area contributed by atoms with E-state index in [1.807, 2.05) is 37.3 Å². The summed E-state index contributed by atoms with van der Waals surface area (Å²) in [4.78, 5) is 30.2. The number of rotatable bonds is 14. The summed E-state index contributed by atoms with van der Waals surface area (Å²) in [5.74, 6) is -1.14. The number of sulfonamides is 1. The van der Waals surface area contributed by atoms with Crippen LogP contribution in [0.5, 0.6) is 5.75 Å². The van der Waals surface area contributed by atoms with E-state index in [1.165, 1.54) is 41.3 Å². The van der Waals surface area contributed by atoms with Gasteiger partial charge >= 0.3 is 0 Å². The van der Waals surface area contributed by atoms with Gasteiger partial charge in [0.05, 0.1) is 17.2 Å². The average molecular weight is 741 g/mol. The molecule has 0 heterocycles. The van der Waals surface area contributed by atoms with Crippen molar-refractivity contribution in [1.29, 1.82) is 0 Å². The maximum absolute atomic E-state index is 14.7. The molecule has 1 aliphatic carbocycles. The molecule has 1 fully saturated rings. The minimum atomic E-state index is -4.39. The Morgan fingerprint density at radius 2 is 1.52 bits per heavy atom. The molecule has 0 bridgehead atoms. The Kier molecular flexibility index (Phi) is 12.8. The van der Waals surface area contributed by atoms with E-state index in [0.29, 0.717) is 28.0 Å². The lowest BCUT2D eigenvalue weighted by Gasteiger charge is -2.35. The van der Waals surface area contributed by atoms with Crippen LogP contribution in [0.3, 0.4) is 0 Å². The highest BCUT2D eigenvalue weighted by molar-refractivity contribution is 7.92. The third-order valence-electron chi connectivity index (χ3n) is 8.73. The molecule has 1 N–H and O–H groups in total. The second-order valence-electron chi connectivity index (χ2n) is 12.2. The first kappa shape index (κ1) is 37.1. The summed E-state index contributed by atoms with van der Waals surface area (Å²) in [5.41, 5.74) is 1.28. The van der Waals surface area contributed by atoms with Crippen LogP contribution in [0.15, 0.2) is 102 Å². The molecule has 1 saturated carbocycles. The Bertz CT molecular complexity index is 1840. The minimum absolute atomic E-state index is 0.0499. The van der Waals surface area contributed by atoms with Gasteiger partial charge in [-0.3, -0.25) is 13.9 Å². The standard InChI is InChI=1S/C38H40Cl2FN3O5S/c1-2-49-31-20-22-32(23-21-31)50(47,48)44(30-18-16-28(41)17-19-30)26-37(45)43(25-33-34(39)14-9-15-35(33)40)36(24-27-10-5-3-6-11-27)38(46)42-29-12-7-4-8-13-29/h3,5-6,9-11,14-23,29,36H,2,4,7-8,12-13,24-26H2,1H3,(H,42,46). The van der Waals surface area contributed by atoms with Gasteiger partial charge in [0.25, 0.3) is 10.0 Å². The van der Waals surface area contributed by atoms with Crippen molar-refractivity contribution >= 4 is 50.7 Å². The van der Waals surface area contributed by atoms with Gasteiger partial charge in [-0.2, -0.15) is 0 Å². The van der Waals surface area contributed by atoms with E-state index in [0.717, 1.165) is 54.1 Å². The molecule has 1 atom stereocenters. The normalized spacial score (nSPS) is 14.1. The second kappa shape index (κ2) is 17.2. The second-order valence-corrected chi connectivity index (χ2v) is 14.8. The summed E-state index contributed by atoms with van der Waals surface area (Å²) in [7, 11) is -4.39. The topological polar surface area (TPSA) is 96.0 Å². The number of halogens is 3. The molecule has 0 aliphatic heterocycles. The van der Waals surface area contributed by atoms with E-state index in [4.69, 9.17) is 27.9 Å². The molecule has 0 spiro atoms. The van der Waals surface area contributed by atoms with Gasteiger partial charge in [0.2, 0.25) is 11.8 Å². The van der Waals surface area contributed by atoms with Crippen molar-refractivity contribution in [2.75, 3.05) is 17.5 Å². The van der Waals surface area contributed by atoms with E-state index in [9.17, 15) is 22.4 Å². The quantitative estimate of drug-likeness (QED) is 0.142. The van der Waals surface area contributed by atoms with Crippen molar-refractivity contribution in [1.82, 2.24) is 10.2 Å². The van der Waals surface area contributed by atoms with Gasteiger partial charge in [0, 0.05) is 34.6 Å². The fraction of sp³-hybridized carbons (Fsp3) is 0.316. The molecule has 0 saturated heterocycles. The van der Waals surface area contributed by atoms with Gasteiger partial charge in [0.1, 0.15) is 24.2 Å². The monoisotopic (exact) mass is 739 g/mol. The summed E-state index contributed by atoms with van der Waals surface area (Å²) in [6.45, 7) is 1.33. The number of hydrogen-bond donors (Lipinski definition) is 1. The van der Waals surface area contributed by atoms with Gasteiger partial charge in [0.15, 0.2) is 0 Å². The van der Waals surface area contributed by atoms with E-state index >= 15 is 0 Å². The van der Waals surface area contributed by atoms with E-state index in [-0.39, 0.29) is 35.5 Å². The smallest absolute Gasteiger partial charge is 0.264 e. The third-order valence-corrected chi connectivity index (χ3v) is 11.2. The molecular weight excluding hydrogens is 700 g/mol. The molecule has 264 valence electrons. The molecule has 2 amide bonds. The SMILES string of the molecule is CCOc1ccc(S(=O)(=O)N(CC(=O)N(Cc2c(Cl)cccc2Cl)C(Cc2ccccc2)C(=O)NC2CCCCC2)c2ccc(F)cc2)cc1. The Balaban J connectivity index is 1.58. The Morgan fingerprint density at radius 3 is 2.14 bits per heavy atom. The van der Waals surface area contributed by atoms with Crippen molar-refractivity contribution in [2.24, 2.45) is 0 Å². The summed E-state index contributed by atoms with van der Waals surface area (Å²) in [6, 6.07) is 23.8. The lowest BCUT2D eigenvalue weighted by atomic mass is 9.94. The highest BCUT2D eigenvalue weighted by atomic mass is 35.5. The van der Waals surface area contributed by atoms with Crippen LogP contribution in [0.4, 0.5) is 10.1 Å². The first-order valence-electron chi connectivity index (χ1n) is 16.6. The first-order chi connectivity index (χ1) is 24.1. The molecule has 8 nitrogen and oxygen atoms in total. The molecule has 4 aromatic rings. The first-order valence-corrected chi connectivity index (χ1v) is 18.8. The fourth-order valence-corrected chi connectivity index (χ4v) is 8.02. The summed E-state index contributed by atoms with van der Waals surface area (Å²) < 4.78 is 49.0. The van der Waals surface area contributed by atoms with Crippen LogP contribution in [0, 0.1) is 5.82 Å². The van der Waals surface area contributed by atoms with Crippen LogP contribution in [-0.2, 0) is 32.6 Å². The minimum Gasteiger partial charge on any atom is -0.494 e. The molecule has 1 unspecified atom stereocenters.